The molecule has 0 spiro atoms. The third-order valence-corrected chi connectivity index (χ3v) is 3.71. The summed E-state index contributed by atoms with van der Waals surface area (Å²) < 4.78 is 6.14. The van der Waals surface area contributed by atoms with Gasteiger partial charge in [0.05, 0.1) is 13.2 Å². The second-order valence-corrected chi connectivity index (χ2v) is 5.53. The van der Waals surface area contributed by atoms with Crippen LogP contribution in [0, 0.1) is 5.41 Å². The summed E-state index contributed by atoms with van der Waals surface area (Å²) in [6.45, 7) is 1.84. The topological polar surface area (TPSA) is 64.4 Å². The van der Waals surface area contributed by atoms with Gasteiger partial charge in [0.25, 0.3) is 0 Å². The second kappa shape index (κ2) is 5.82. The molecule has 0 aliphatic carbocycles. The zero-order valence-electron chi connectivity index (χ0n) is 10.1. The molecule has 1 heterocycles. The number of hydrogen-bond acceptors (Lipinski definition) is 3. The summed E-state index contributed by atoms with van der Waals surface area (Å²) in [6.07, 6.45) is 0.812. The first kappa shape index (κ1) is 13.5. The number of rotatable bonds is 5. The summed E-state index contributed by atoms with van der Waals surface area (Å²) in [7, 11) is 0. The summed E-state index contributed by atoms with van der Waals surface area (Å²) in [5.74, 6) is 0.00578. The van der Waals surface area contributed by atoms with Gasteiger partial charge in [-0.25, -0.2) is 0 Å². The maximum Gasteiger partial charge on any atom is 0.232 e. The van der Waals surface area contributed by atoms with Crippen molar-refractivity contribution >= 4 is 21.8 Å². The van der Waals surface area contributed by atoms with E-state index >= 15 is 0 Å². The molecular formula is C13H17BrN2O2. The Hall–Kier alpha value is -0.910. The van der Waals surface area contributed by atoms with E-state index in [-0.39, 0.29) is 5.91 Å². The van der Waals surface area contributed by atoms with Crippen LogP contribution in [0.1, 0.15) is 5.56 Å². The molecule has 98 valence electrons. The zero-order chi connectivity index (χ0) is 13.0. The van der Waals surface area contributed by atoms with Crippen LogP contribution in [-0.2, 0) is 16.0 Å². The van der Waals surface area contributed by atoms with Gasteiger partial charge in [-0.2, -0.15) is 0 Å². The fourth-order valence-corrected chi connectivity index (χ4v) is 2.34. The summed E-state index contributed by atoms with van der Waals surface area (Å²) in [6, 6.07) is 8.07. The minimum Gasteiger partial charge on any atom is -0.379 e. The molecule has 4 nitrogen and oxygen atoms in total. The molecule has 18 heavy (non-hydrogen) atoms. The number of benzene rings is 1. The summed E-state index contributed by atoms with van der Waals surface area (Å²) in [5, 5.41) is 2.93. The highest BCUT2D eigenvalue weighted by atomic mass is 79.9. The molecule has 1 aliphatic heterocycles. The van der Waals surface area contributed by atoms with Crippen molar-refractivity contribution in [2.24, 2.45) is 11.1 Å². The van der Waals surface area contributed by atoms with Gasteiger partial charge in [0.1, 0.15) is 5.41 Å². The molecule has 0 atom stereocenters. The summed E-state index contributed by atoms with van der Waals surface area (Å²) in [5.41, 5.74) is 6.33. The lowest BCUT2D eigenvalue weighted by molar-refractivity contribution is -0.159. The van der Waals surface area contributed by atoms with E-state index < -0.39 is 5.41 Å². The number of nitrogens with one attached hydrogen (secondary N) is 1. The Morgan fingerprint density at radius 3 is 2.83 bits per heavy atom. The van der Waals surface area contributed by atoms with Gasteiger partial charge in [-0.05, 0) is 24.1 Å². The number of carbonyl (C=O) groups is 1. The number of carbonyl (C=O) groups excluding carboxylic acids is 1. The fraction of sp³-hybridized carbons (Fsp3) is 0.462. The van der Waals surface area contributed by atoms with Gasteiger partial charge < -0.3 is 15.8 Å². The predicted octanol–water partition coefficient (Wildman–Crippen LogP) is 1.08. The van der Waals surface area contributed by atoms with Gasteiger partial charge in [0.15, 0.2) is 0 Å². The largest absolute Gasteiger partial charge is 0.379 e. The minimum atomic E-state index is -0.489. The normalized spacial score (nSPS) is 17.0. The number of hydrogen-bond donors (Lipinski definition) is 2. The van der Waals surface area contributed by atoms with Crippen molar-refractivity contribution in [2.75, 3.05) is 26.3 Å². The average Bonchev–Trinajstić information content (AvgIpc) is 2.28. The van der Waals surface area contributed by atoms with Crippen LogP contribution < -0.4 is 11.1 Å². The van der Waals surface area contributed by atoms with Crippen LogP contribution in [0.25, 0.3) is 0 Å². The highest BCUT2D eigenvalue weighted by molar-refractivity contribution is 9.10. The molecule has 3 N–H and O–H groups in total. The average molecular weight is 313 g/mol. The van der Waals surface area contributed by atoms with E-state index in [2.05, 4.69) is 27.3 Å². The Kier molecular flexibility index (Phi) is 4.37. The summed E-state index contributed by atoms with van der Waals surface area (Å²) in [4.78, 5) is 12.0. The lowest BCUT2D eigenvalue weighted by atomic mass is 9.85. The van der Waals surface area contributed by atoms with E-state index in [1.54, 1.807) is 0 Å². The first-order valence-corrected chi connectivity index (χ1v) is 6.76. The van der Waals surface area contributed by atoms with E-state index in [0.717, 1.165) is 10.9 Å². The van der Waals surface area contributed by atoms with Crippen molar-refractivity contribution < 1.29 is 9.53 Å². The molecule has 1 fully saturated rings. The van der Waals surface area contributed by atoms with Gasteiger partial charge in [-0.1, -0.05) is 28.1 Å². The lowest BCUT2D eigenvalue weighted by Crippen LogP contribution is -2.58. The molecule has 1 aromatic carbocycles. The molecule has 5 heteroatoms. The van der Waals surface area contributed by atoms with Crippen LogP contribution in [0.4, 0.5) is 0 Å². The van der Waals surface area contributed by atoms with Gasteiger partial charge in [0, 0.05) is 17.6 Å². The number of amides is 1. The molecule has 0 bridgehead atoms. The zero-order valence-corrected chi connectivity index (χ0v) is 11.7. The smallest absolute Gasteiger partial charge is 0.232 e. The Bertz CT molecular complexity index is 427. The fourth-order valence-electron chi connectivity index (χ4n) is 1.89. The summed E-state index contributed by atoms with van der Waals surface area (Å²) >= 11 is 3.43. The molecule has 1 aromatic rings. The van der Waals surface area contributed by atoms with Crippen LogP contribution in [0.15, 0.2) is 28.7 Å². The van der Waals surface area contributed by atoms with Crippen LogP contribution >= 0.6 is 15.9 Å². The Morgan fingerprint density at radius 2 is 2.28 bits per heavy atom. The highest BCUT2D eigenvalue weighted by Crippen LogP contribution is 2.26. The van der Waals surface area contributed by atoms with Crippen molar-refractivity contribution in [3.05, 3.63) is 34.3 Å². The molecule has 2 rings (SSSR count). The molecule has 1 saturated heterocycles. The van der Waals surface area contributed by atoms with Crippen LogP contribution in [0.2, 0.25) is 0 Å². The standard InChI is InChI=1S/C13H17BrN2O2/c14-11-3-1-2-10(6-11)4-5-16-12(17)13(7-15)8-18-9-13/h1-3,6H,4-5,7-9,15H2,(H,16,17). The number of ether oxygens (including phenoxy) is 1. The molecule has 0 unspecified atom stereocenters. The van der Waals surface area contributed by atoms with Crippen molar-refractivity contribution in [1.29, 1.82) is 0 Å². The van der Waals surface area contributed by atoms with Gasteiger partial charge in [-0.3, -0.25) is 4.79 Å². The van der Waals surface area contributed by atoms with Crippen molar-refractivity contribution in [2.45, 2.75) is 6.42 Å². The quantitative estimate of drug-likeness (QED) is 0.855. The van der Waals surface area contributed by atoms with Crippen LogP contribution in [-0.4, -0.2) is 32.2 Å². The number of nitrogens with two attached hydrogens (primary N) is 1. The molecule has 1 aliphatic rings. The maximum atomic E-state index is 12.0. The Balaban J connectivity index is 1.80. The monoisotopic (exact) mass is 312 g/mol. The third kappa shape index (κ3) is 2.91. The highest BCUT2D eigenvalue weighted by Gasteiger charge is 2.44. The van der Waals surface area contributed by atoms with E-state index in [0.29, 0.717) is 26.3 Å². The Labute approximate surface area is 115 Å². The molecular weight excluding hydrogens is 296 g/mol. The Morgan fingerprint density at radius 1 is 1.50 bits per heavy atom. The minimum absolute atomic E-state index is 0.00578. The third-order valence-electron chi connectivity index (χ3n) is 3.22. The van der Waals surface area contributed by atoms with Crippen LogP contribution in [0.5, 0.6) is 0 Å². The van der Waals surface area contributed by atoms with E-state index in [1.165, 1.54) is 5.56 Å². The second-order valence-electron chi connectivity index (χ2n) is 4.61. The van der Waals surface area contributed by atoms with E-state index in [9.17, 15) is 4.79 Å². The molecule has 0 aromatic heterocycles. The molecule has 0 saturated carbocycles. The van der Waals surface area contributed by atoms with Crippen molar-refractivity contribution in [3.8, 4) is 0 Å². The molecule has 1 amide bonds. The number of halogens is 1. The lowest BCUT2D eigenvalue weighted by Gasteiger charge is -2.38. The predicted molar refractivity (Wildman–Crippen MR) is 73.2 cm³/mol. The first-order chi connectivity index (χ1) is 8.66. The van der Waals surface area contributed by atoms with Gasteiger partial charge >= 0.3 is 0 Å². The van der Waals surface area contributed by atoms with Crippen molar-refractivity contribution in [3.63, 3.8) is 0 Å². The first-order valence-electron chi connectivity index (χ1n) is 5.97. The maximum absolute atomic E-state index is 12.0. The molecule has 0 radical (unpaired) electrons. The van der Waals surface area contributed by atoms with E-state index in [1.807, 2.05) is 18.2 Å². The van der Waals surface area contributed by atoms with Gasteiger partial charge in [-0.15, -0.1) is 0 Å². The van der Waals surface area contributed by atoms with E-state index in [4.69, 9.17) is 10.5 Å². The van der Waals surface area contributed by atoms with Gasteiger partial charge in [0.2, 0.25) is 5.91 Å². The van der Waals surface area contributed by atoms with Crippen LogP contribution in [0.3, 0.4) is 0 Å². The SMILES string of the molecule is NCC1(C(=O)NCCc2cccc(Br)c2)COC1. The van der Waals surface area contributed by atoms with Crippen molar-refractivity contribution in [1.82, 2.24) is 5.32 Å².